The van der Waals surface area contributed by atoms with Crippen molar-refractivity contribution < 1.29 is 95.2 Å². The van der Waals surface area contributed by atoms with Crippen LogP contribution < -0.4 is 60.3 Å². The topological polar surface area (TPSA) is 320 Å². The zero-order valence-electron chi connectivity index (χ0n) is 87.5. The van der Waals surface area contributed by atoms with Crippen LogP contribution in [0.5, 0.6) is 34.5 Å². The van der Waals surface area contributed by atoms with Crippen LogP contribution in [-0.4, -0.2) is 125 Å². The molecule has 0 spiro atoms. The van der Waals surface area contributed by atoms with Crippen LogP contribution in [0, 0.1) is 104 Å². The molecule has 26 nitrogen and oxygen atoms in total. The van der Waals surface area contributed by atoms with Crippen molar-refractivity contribution in [1.29, 1.82) is 0 Å². The van der Waals surface area contributed by atoms with Crippen LogP contribution in [0.2, 0.25) is 0 Å². The molecule has 0 saturated carbocycles. The van der Waals surface area contributed by atoms with Crippen molar-refractivity contribution in [1.82, 2.24) is 31.9 Å². The Balaban J connectivity index is 1.27. The highest BCUT2D eigenvalue weighted by molar-refractivity contribution is 14.1. The van der Waals surface area contributed by atoms with Crippen LogP contribution in [0.25, 0.3) is 0 Å². The molecule has 0 aliphatic carbocycles. The van der Waals surface area contributed by atoms with Crippen LogP contribution >= 0.6 is 45.2 Å². The Morgan fingerprint density at radius 3 is 0.678 bits per heavy atom. The third-order valence-corrected chi connectivity index (χ3v) is 23.4. The van der Waals surface area contributed by atoms with Gasteiger partial charge in [0.25, 0.3) is 0 Å². The molecule has 0 saturated heterocycles. The summed E-state index contributed by atoms with van der Waals surface area (Å²) >= 11 is 3.89. The number of carbonyl (C=O) groups excluding carboxylic acids is 8. The van der Waals surface area contributed by atoms with Crippen molar-refractivity contribution >= 4 is 93.3 Å². The van der Waals surface area contributed by atoms with E-state index < -0.39 is 58.7 Å². The number of rotatable bonds is 46. The van der Waals surface area contributed by atoms with Crippen LogP contribution in [0.1, 0.15) is 346 Å². The molecule has 0 aliphatic heterocycles. The first kappa shape index (κ1) is 119. The SMILES string of the molecule is C#Cc1cc(CNC(=O)OC(C)(C)C)cc(C#Cc2cc(CNC(=O)CCCCCCCCCCC)cc(C#Cc3cc(CNC(=O)OC(C)(C)C)cc(C#C)c3OC)c2OCCOC(=O)c2cc(I)c(C(=O)OCCOc3c(C#Cc4cc(CNC(=O)OC(C)(C)C)cc(C#C)c4OC)cc(CNC(=O)CCCCCCCCCCC)cc3C#Cc3cc(CNC(=O)OC(C)(C)C)cc(C#C)c3OC)cc2I)c1OC. The number of methoxy groups -OCH3 is 4. The van der Waals surface area contributed by atoms with Gasteiger partial charge in [0.15, 0.2) is 11.5 Å². The molecule has 0 bridgehead atoms. The number of hydrogen-bond acceptors (Lipinski definition) is 20. The summed E-state index contributed by atoms with van der Waals surface area (Å²) in [5.41, 5.74) is 4.16. The fourth-order valence-electron chi connectivity index (χ4n) is 14.9. The van der Waals surface area contributed by atoms with Crippen LogP contribution in [-0.2, 0) is 77.3 Å². The third kappa shape index (κ3) is 41.8. The van der Waals surface area contributed by atoms with Crippen molar-refractivity contribution in [2.75, 3.05) is 54.9 Å². The number of esters is 2. The maximum absolute atomic E-state index is 14.5. The number of nitrogens with one attached hydrogen (secondary N) is 6. The third-order valence-electron chi connectivity index (χ3n) is 21.6. The Morgan fingerprint density at radius 1 is 0.274 bits per heavy atom. The van der Waals surface area contributed by atoms with Crippen molar-refractivity contribution in [3.05, 3.63) is 203 Å². The van der Waals surface area contributed by atoms with Crippen LogP contribution in [0.15, 0.2) is 84.9 Å². The number of carbonyl (C=O) groups is 8. The molecule has 0 heterocycles. The first-order valence-electron chi connectivity index (χ1n) is 49.2. The number of alkyl carbamates (subject to hydrolysis) is 4. The minimum atomic E-state index is -0.782. The molecule has 7 aromatic rings. The number of ether oxygens (including phenoxy) is 12. The number of terminal acetylenes is 4. The van der Waals surface area contributed by atoms with Crippen LogP contribution in [0.4, 0.5) is 19.2 Å². The molecule has 7 rings (SSSR count). The Hall–Kier alpha value is -13.8. The van der Waals surface area contributed by atoms with Gasteiger partial charge in [-0.05, 0) is 259 Å². The summed E-state index contributed by atoms with van der Waals surface area (Å²) in [6, 6.07) is 23.6. The number of halogens is 2. The number of hydrogen-bond donors (Lipinski definition) is 6. The second-order valence-electron chi connectivity index (χ2n) is 38.4. The number of amides is 6. The van der Waals surface area contributed by atoms with E-state index in [0.717, 1.165) is 51.4 Å². The molecule has 6 amide bonds. The van der Waals surface area contributed by atoms with E-state index in [-0.39, 0.29) is 145 Å². The van der Waals surface area contributed by atoms with Crippen molar-refractivity contribution in [2.45, 2.75) is 287 Å². The standard InChI is InChI=1S/C118H138I2N6O20/c1-23-29-31-33-35-37-39-41-43-45-101(127)121-73-83-67-93(51-47-89-63-79(59-85(25-3)103(89)135-19)75-123-111(131)143-115(7,8)9)107(94(68-83)52-48-90-64-80(60-86(26-4)104(90)136-20)76-124-112(132)144-116(10,11)12)139-55-57-141-109(129)97-71-100(120)98(72-99(97)119)110(130)142-58-56-140-108-95(53-49-91-65-81(61-87(27-5)105(91)137-21)77-125-113(133)145-117(13,14)15)69-84(74-122-102(128)46-44-42-40-38-36-34-32-30-24-2)70-96(108)54-50-92-66-82(62-88(28-6)106(92)138-22)78-126-114(134)146-118(16,17)18/h3-6,59-72H,23-24,29-46,55-58,73-78H2,1-2,7-22H3,(H,121,127)(H,122,128)(H,123,131)(H,124,132)(H,125,133)(H,126,134). The zero-order chi connectivity index (χ0) is 107. The molecular formula is C118H138I2N6O20. The fraction of sp³-hybridized carbons (Fsp3) is 0.441. The fourth-order valence-corrected chi connectivity index (χ4v) is 16.3. The molecule has 146 heavy (non-hydrogen) atoms. The van der Waals surface area contributed by atoms with E-state index in [9.17, 15) is 38.4 Å². The highest BCUT2D eigenvalue weighted by Gasteiger charge is 2.27. The lowest BCUT2D eigenvalue weighted by molar-refractivity contribution is -0.122. The Kier molecular flexibility index (Phi) is 49.2. The summed E-state index contributed by atoms with van der Waals surface area (Å²) in [5.74, 6) is 36.2. The number of unbranched alkanes of at least 4 members (excludes halogenated alkanes) is 16. The Labute approximate surface area is 890 Å². The highest BCUT2D eigenvalue weighted by atomic mass is 127. The maximum atomic E-state index is 14.5. The lowest BCUT2D eigenvalue weighted by Gasteiger charge is -2.20. The summed E-state index contributed by atoms with van der Waals surface area (Å²) in [6.07, 6.45) is 41.8. The molecular weight excluding hydrogens is 2080 g/mol. The quantitative estimate of drug-likeness (QED) is 0.00679. The van der Waals surface area contributed by atoms with Gasteiger partial charge in [-0.3, -0.25) is 9.59 Å². The van der Waals surface area contributed by atoms with E-state index in [4.69, 9.17) is 82.5 Å². The monoisotopic (exact) mass is 2210 g/mol. The van der Waals surface area contributed by atoms with Gasteiger partial charge in [-0.2, -0.15) is 0 Å². The molecule has 0 aromatic heterocycles. The lowest BCUT2D eigenvalue weighted by Crippen LogP contribution is -2.32. The second kappa shape index (κ2) is 60.2. The number of benzene rings is 7. The lowest BCUT2D eigenvalue weighted by atomic mass is 10.0. The predicted octanol–water partition coefficient (Wildman–Crippen LogP) is 22.1. The van der Waals surface area contributed by atoms with Gasteiger partial charge in [-0.25, -0.2) is 28.8 Å². The van der Waals surface area contributed by atoms with Gasteiger partial charge >= 0.3 is 36.3 Å². The van der Waals surface area contributed by atoms with E-state index in [1.807, 2.05) is 45.2 Å². The van der Waals surface area contributed by atoms with Gasteiger partial charge in [-0.15, -0.1) is 25.7 Å². The molecule has 7 aromatic carbocycles. The van der Waals surface area contributed by atoms with E-state index in [1.54, 1.807) is 156 Å². The molecule has 0 atom stereocenters. The maximum Gasteiger partial charge on any atom is 0.407 e. The average molecular weight is 2210 g/mol. The van der Waals surface area contributed by atoms with Gasteiger partial charge in [0.2, 0.25) is 11.8 Å². The summed E-state index contributed by atoms with van der Waals surface area (Å²) in [6.45, 7) is 24.2. The average Bonchev–Trinajstić information content (AvgIpc) is 0.864. The van der Waals surface area contributed by atoms with Crippen molar-refractivity contribution in [2.24, 2.45) is 0 Å². The highest BCUT2D eigenvalue weighted by Crippen LogP contribution is 2.35. The molecule has 0 unspecified atom stereocenters. The predicted molar refractivity (Wildman–Crippen MR) is 584 cm³/mol. The van der Waals surface area contributed by atoms with E-state index in [2.05, 4.69) is 117 Å². The first-order valence-corrected chi connectivity index (χ1v) is 51.3. The normalized spacial score (nSPS) is 10.8. The summed E-state index contributed by atoms with van der Waals surface area (Å²) in [4.78, 5) is 108. The second-order valence-corrected chi connectivity index (χ2v) is 40.8. The van der Waals surface area contributed by atoms with Gasteiger partial charge in [0.1, 0.15) is 71.8 Å². The smallest absolute Gasteiger partial charge is 0.407 e. The van der Waals surface area contributed by atoms with Crippen molar-refractivity contribution in [3.63, 3.8) is 0 Å². The van der Waals surface area contributed by atoms with Gasteiger partial charge in [-0.1, -0.05) is 188 Å². The van der Waals surface area contributed by atoms with Gasteiger partial charge in [0.05, 0.1) is 106 Å². The van der Waals surface area contributed by atoms with Gasteiger partial charge < -0.3 is 88.7 Å². The zero-order valence-corrected chi connectivity index (χ0v) is 91.8. The first-order chi connectivity index (χ1) is 69.5. The summed E-state index contributed by atoms with van der Waals surface area (Å²) < 4.78 is 71.8. The Bertz CT molecular complexity index is 5570. The molecule has 0 radical (unpaired) electrons. The van der Waals surface area contributed by atoms with Crippen molar-refractivity contribution in [3.8, 4) is 131 Å². The molecule has 6 N–H and O–H groups in total. The minimum Gasteiger partial charge on any atom is -0.494 e. The molecule has 0 aliphatic rings. The largest absolute Gasteiger partial charge is 0.494 e. The van der Waals surface area contributed by atoms with Crippen LogP contribution in [0.3, 0.4) is 0 Å². The van der Waals surface area contributed by atoms with E-state index in [0.29, 0.717) is 111 Å². The Morgan fingerprint density at radius 2 is 0.473 bits per heavy atom. The minimum absolute atomic E-state index is 0.000387. The molecule has 28 heteroatoms. The van der Waals surface area contributed by atoms with E-state index in [1.165, 1.54) is 91.9 Å². The van der Waals surface area contributed by atoms with E-state index >= 15 is 0 Å². The van der Waals surface area contributed by atoms with Gasteiger partial charge in [0, 0.05) is 59.3 Å². The summed E-state index contributed by atoms with van der Waals surface area (Å²) in [5, 5.41) is 17.3. The molecule has 0 fully saturated rings. The summed E-state index contributed by atoms with van der Waals surface area (Å²) in [7, 11) is 5.82. The molecule has 774 valence electrons.